The van der Waals surface area contributed by atoms with E-state index in [1.165, 1.54) is 5.56 Å². The number of likely N-dealkylation sites (tertiary alicyclic amines) is 1. The van der Waals surface area contributed by atoms with E-state index in [1.807, 2.05) is 38.4 Å². The average Bonchev–Trinajstić information content (AvgIpc) is 3.37. The Hall–Kier alpha value is -2.18. The molecule has 1 saturated heterocycles. The van der Waals surface area contributed by atoms with Gasteiger partial charge in [-0.25, -0.2) is 4.98 Å². The predicted octanol–water partition coefficient (Wildman–Crippen LogP) is 3.13. The lowest BCUT2D eigenvalue weighted by molar-refractivity contribution is 0.0374. The molecule has 0 radical (unpaired) electrons. The van der Waals surface area contributed by atoms with Gasteiger partial charge in [0.05, 0.1) is 35.2 Å². The van der Waals surface area contributed by atoms with Crippen molar-refractivity contribution in [1.29, 1.82) is 0 Å². The predicted molar refractivity (Wildman–Crippen MR) is 107 cm³/mol. The minimum Gasteiger partial charge on any atom is -0.391 e. The molecule has 4 atom stereocenters. The molecule has 1 aromatic carbocycles. The number of hydrogen-bond acceptors (Lipinski definition) is 5. The first-order valence-corrected chi connectivity index (χ1v) is 10.3. The zero-order valence-corrected chi connectivity index (χ0v) is 16.6. The number of aliphatic hydroxyl groups is 1. The van der Waals surface area contributed by atoms with Crippen LogP contribution < -0.4 is 0 Å². The second-order valence-electron chi connectivity index (χ2n) is 8.58. The van der Waals surface area contributed by atoms with Crippen molar-refractivity contribution < 1.29 is 9.63 Å². The van der Waals surface area contributed by atoms with Gasteiger partial charge in [0.25, 0.3) is 0 Å². The molecular weight excluding hydrogens is 352 g/mol. The number of imidazole rings is 1. The molecule has 0 amide bonds. The van der Waals surface area contributed by atoms with Gasteiger partial charge < -0.3 is 19.1 Å². The summed E-state index contributed by atoms with van der Waals surface area (Å²) in [4.78, 5) is 7.09. The first-order valence-electron chi connectivity index (χ1n) is 10.3. The van der Waals surface area contributed by atoms with E-state index < -0.39 is 0 Å². The Morgan fingerprint density at radius 2 is 1.93 bits per heavy atom. The maximum atomic E-state index is 10.9. The minimum absolute atomic E-state index is 0.121. The van der Waals surface area contributed by atoms with Crippen molar-refractivity contribution in [3.05, 3.63) is 47.6 Å². The zero-order valence-electron chi connectivity index (χ0n) is 16.6. The van der Waals surface area contributed by atoms with E-state index in [2.05, 4.69) is 25.7 Å². The molecule has 28 heavy (non-hydrogen) atoms. The van der Waals surface area contributed by atoms with E-state index in [0.717, 1.165) is 61.4 Å². The Kier molecular flexibility index (Phi) is 4.48. The Bertz CT molecular complexity index is 958. The van der Waals surface area contributed by atoms with Crippen LogP contribution in [0.15, 0.2) is 35.1 Å². The van der Waals surface area contributed by atoms with Gasteiger partial charge in [-0.3, -0.25) is 0 Å². The molecule has 6 nitrogen and oxygen atoms in total. The van der Waals surface area contributed by atoms with Gasteiger partial charge in [-0.05, 0) is 57.1 Å². The summed E-state index contributed by atoms with van der Waals surface area (Å²) in [6.07, 6.45) is 4.49. The molecule has 1 N–H and O–H groups in total. The number of hydrogen-bond donors (Lipinski definition) is 1. The van der Waals surface area contributed by atoms with Gasteiger partial charge in [0.2, 0.25) is 0 Å². The van der Waals surface area contributed by atoms with Gasteiger partial charge in [-0.15, -0.1) is 0 Å². The number of rotatable bonds is 4. The summed E-state index contributed by atoms with van der Waals surface area (Å²) in [5, 5.41) is 15.0. The molecule has 1 aliphatic heterocycles. The standard InChI is InChI=1S/C22H28N4O2/c1-14-18(15(2)28-24-14)7-8-25-11-16-9-21(22(27)10-17(16)12-25)26-13-23-19-5-3-4-6-20(19)26/h3-6,13,16-17,21-22,27H,7-12H2,1-2H3/t16-,17+,21-,22-/m1/s1. The zero-order chi connectivity index (χ0) is 19.3. The summed E-state index contributed by atoms with van der Waals surface area (Å²) in [5.41, 5.74) is 4.39. The molecule has 1 saturated carbocycles. The molecule has 6 heteroatoms. The highest BCUT2D eigenvalue weighted by Crippen LogP contribution is 2.42. The molecule has 2 fully saturated rings. The summed E-state index contributed by atoms with van der Waals surface area (Å²) in [7, 11) is 0. The second-order valence-corrected chi connectivity index (χ2v) is 8.58. The number of aromatic nitrogens is 3. The second kappa shape index (κ2) is 7.01. The largest absolute Gasteiger partial charge is 0.391 e. The third kappa shape index (κ3) is 3.05. The number of para-hydroxylation sites is 2. The first-order chi connectivity index (χ1) is 13.6. The monoisotopic (exact) mass is 380 g/mol. The van der Waals surface area contributed by atoms with Gasteiger partial charge in [0, 0.05) is 25.2 Å². The van der Waals surface area contributed by atoms with Gasteiger partial charge in [-0.1, -0.05) is 17.3 Å². The van der Waals surface area contributed by atoms with Gasteiger partial charge in [0.1, 0.15) is 5.76 Å². The molecule has 2 aliphatic rings. The number of fused-ring (bicyclic) bond motifs is 2. The van der Waals surface area contributed by atoms with Crippen molar-refractivity contribution in [1.82, 2.24) is 19.6 Å². The highest BCUT2D eigenvalue weighted by molar-refractivity contribution is 5.75. The quantitative estimate of drug-likeness (QED) is 0.753. The van der Waals surface area contributed by atoms with Gasteiger partial charge in [-0.2, -0.15) is 0 Å². The minimum atomic E-state index is -0.304. The third-order valence-electron chi connectivity index (χ3n) is 6.88. The lowest BCUT2D eigenvalue weighted by Gasteiger charge is -2.36. The third-order valence-corrected chi connectivity index (χ3v) is 6.88. The average molecular weight is 380 g/mol. The van der Waals surface area contributed by atoms with Crippen LogP contribution in [0.1, 0.15) is 35.9 Å². The van der Waals surface area contributed by atoms with Crippen LogP contribution >= 0.6 is 0 Å². The summed E-state index contributed by atoms with van der Waals surface area (Å²) < 4.78 is 7.50. The summed E-state index contributed by atoms with van der Waals surface area (Å²) in [6.45, 7) is 7.25. The van der Waals surface area contributed by atoms with Crippen molar-refractivity contribution in [2.75, 3.05) is 19.6 Å². The highest BCUT2D eigenvalue weighted by atomic mass is 16.5. The molecule has 5 rings (SSSR count). The Labute approximate surface area is 165 Å². The highest BCUT2D eigenvalue weighted by Gasteiger charge is 2.42. The Morgan fingerprint density at radius 1 is 1.14 bits per heavy atom. The molecular formula is C22H28N4O2. The van der Waals surface area contributed by atoms with Crippen molar-refractivity contribution in [3.8, 4) is 0 Å². The van der Waals surface area contributed by atoms with Crippen LogP contribution in [0, 0.1) is 25.7 Å². The molecule has 0 spiro atoms. The Balaban J connectivity index is 1.28. The SMILES string of the molecule is Cc1noc(C)c1CCN1C[C@H]2C[C@@H](n3cnc4ccccc43)[C@H](O)C[C@H]2C1. The van der Waals surface area contributed by atoms with Crippen molar-refractivity contribution >= 4 is 11.0 Å². The van der Waals surface area contributed by atoms with E-state index in [9.17, 15) is 5.11 Å². The lowest BCUT2D eigenvalue weighted by atomic mass is 9.77. The van der Waals surface area contributed by atoms with Crippen LogP contribution in [-0.4, -0.2) is 50.5 Å². The van der Waals surface area contributed by atoms with Crippen LogP contribution in [0.25, 0.3) is 11.0 Å². The molecule has 148 valence electrons. The normalized spacial score (nSPS) is 28.1. The van der Waals surface area contributed by atoms with Crippen molar-refractivity contribution in [2.45, 2.75) is 45.3 Å². The number of aryl methyl sites for hydroxylation is 2. The molecule has 3 heterocycles. The fraction of sp³-hybridized carbons (Fsp3) is 0.545. The molecule has 0 bridgehead atoms. The lowest BCUT2D eigenvalue weighted by Crippen LogP contribution is -2.36. The number of aliphatic hydroxyl groups excluding tert-OH is 1. The molecule has 2 aromatic heterocycles. The summed E-state index contributed by atoms with van der Waals surface area (Å²) >= 11 is 0. The maximum Gasteiger partial charge on any atom is 0.137 e. The summed E-state index contributed by atoms with van der Waals surface area (Å²) in [5.74, 6) is 2.17. The fourth-order valence-corrected chi connectivity index (χ4v) is 5.36. The van der Waals surface area contributed by atoms with Crippen molar-refractivity contribution in [2.24, 2.45) is 11.8 Å². The summed E-state index contributed by atoms with van der Waals surface area (Å²) in [6, 6.07) is 8.32. The van der Waals surface area contributed by atoms with E-state index in [1.54, 1.807) is 0 Å². The van der Waals surface area contributed by atoms with Crippen LogP contribution in [-0.2, 0) is 6.42 Å². The first kappa shape index (κ1) is 17.9. The van der Waals surface area contributed by atoms with Crippen molar-refractivity contribution in [3.63, 3.8) is 0 Å². The number of nitrogens with zero attached hydrogens (tertiary/aromatic N) is 4. The fourth-order valence-electron chi connectivity index (χ4n) is 5.36. The van der Waals surface area contributed by atoms with Gasteiger partial charge >= 0.3 is 0 Å². The smallest absolute Gasteiger partial charge is 0.137 e. The topological polar surface area (TPSA) is 67.3 Å². The van der Waals surface area contributed by atoms with Crippen LogP contribution in [0.5, 0.6) is 0 Å². The van der Waals surface area contributed by atoms with E-state index in [0.29, 0.717) is 11.8 Å². The van der Waals surface area contributed by atoms with Crippen LogP contribution in [0.2, 0.25) is 0 Å². The van der Waals surface area contributed by atoms with Crippen LogP contribution in [0.4, 0.5) is 0 Å². The maximum absolute atomic E-state index is 10.9. The van der Waals surface area contributed by atoms with E-state index >= 15 is 0 Å². The molecule has 3 aromatic rings. The van der Waals surface area contributed by atoms with Crippen LogP contribution in [0.3, 0.4) is 0 Å². The Morgan fingerprint density at radius 3 is 2.71 bits per heavy atom. The molecule has 0 unspecified atom stereocenters. The number of benzene rings is 1. The van der Waals surface area contributed by atoms with Gasteiger partial charge in [0.15, 0.2) is 0 Å². The van der Waals surface area contributed by atoms with E-state index in [-0.39, 0.29) is 12.1 Å². The molecule has 1 aliphatic carbocycles. The van der Waals surface area contributed by atoms with E-state index in [4.69, 9.17) is 4.52 Å².